The molecule has 2 aromatic carbocycles. The van der Waals surface area contributed by atoms with Crippen molar-refractivity contribution in [3.63, 3.8) is 0 Å². The largest absolute Gasteiger partial charge is 0.341 e. The zero-order valence-corrected chi connectivity index (χ0v) is 20.0. The van der Waals surface area contributed by atoms with Crippen LogP contribution >= 0.6 is 0 Å². The van der Waals surface area contributed by atoms with Crippen molar-refractivity contribution in [2.24, 2.45) is 0 Å². The average Bonchev–Trinajstić information content (AvgIpc) is 3.53. The number of piperidine rings is 1. The van der Waals surface area contributed by atoms with Gasteiger partial charge in [-0.05, 0) is 49.5 Å². The summed E-state index contributed by atoms with van der Waals surface area (Å²) in [4.78, 5) is 47.0. The van der Waals surface area contributed by atoms with Gasteiger partial charge in [0, 0.05) is 37.9 Å². The highest BCUT2D eigenvalue weighted by atomic mass is 16.2. The molecular formula is C28H32N4O3. The van der Waals surface area contributed by atoms with E-state index < -0.39 is 5.54 Å². The van der Waals surface area contributed by atoms with Crippen molar-refractivity contribution < 1.29 is 14.4 Å². The number of para-hydroxylation sites is 1. The van der Waals surface area contributed by atoms with Gasteiger partial charge in [-0.2, -0.15) is 0 Å². The van der Waals surface area contributed by atoms with Gasteiger partial charge >= 0.3 is 0 Å². The Hall–Kier alpha value is -3.61. The molecule has 3 saturated heterocycles. The van der Waals surface area contributed by atoms with Crippen LogP contribution in [0.3, 0.4) is 0 Å². The minimum Gasteiger partial charge on any atom is -0.341 e. The number of hydrogen-bond donors (Lipinski definition) is 0. The Kier molecular flexibility index (Phi) is 6.57. The lowest BCUT2D eigenvalue weighted by Crippen LogP contribution is -2.57. The van der Waals surface area contributed by atoms with Crippen LogP contribution in [0, 0.1) is 0 Å². The van der Waals surface area contributed by atoms with E-state index >= 15 is 0 Å². The molecule has 7 heteroatoms. The Labute approximate surface area is 206 Å². The molecule has 3 heterocycles. The number of carbonyl (C=O) groups is 3. The number of benzene rings is 2. The van der Waals surface area contributed by atoms with Crippen molar-refractivity contribution in [1.29, 1.82) is 0 Å². The van der Waals surface area contributed by atoms with E-state index in [0.29, 0.717) is 32.6 Å². The Balaban J connectivity index is 1.31. The van der Waals surface area contributed by atoms with Gasteiger partial charge in [0.25, 0.3) is 5.91 Å². The van der Waals surface area contributed by atoms with Crippen LogP contribution in [0.2, 0.25) is 0 Å². The maximum absolute atomic E-state index is 13.8. The molecule has 3 aliphatic heterocycles. The topological polar surface area (TPSA) is 64.2 Å². The predicted octanol–water partition coefficient (Wildman–Crippen LogP) is 2.99. The van der Waals surface area contributed by atoms with Gasteiger partial charge in [0.2, 0.25) is 11.8 Å². The quantitative estimate of drug-likeness (QED) is 0.628. The second-order valence-corrected chi connectivity index (χ2v) is 9.60. The van der Waals surface area contributed by atoms with Crippen LogP contribution in [-0.4, -0.2) is 77.4 Å². The number of likely N-dealkylation sites (tertiary alicyclic amines) is 2. The highest BCUT2D eigenvalue weighted by Gasteiger charge is 2.54. The van der Waals surface area contributed by atoms with Gasteiger partial charge in [0.15, 0.2) is 0 Å². The Morgan fingerprint density at radius 2 is 1.46 bits per heavy atom. The molecule has 0 saturated carbocycles. The zero-order chi connectivity index (χ0) is 24.3. The average molecular weight is 473 g/mol. The van der Waals surface area contributed by atoms with Gasteiger partial charge < -0.3 is 19.6 Å². The number of rotatable bonds is 5. The van der Waals surface area contributed by atoms with Crippen molar-refractivity contribution in [2.45, 2.75) is 31.2 Å². The monoisotopic (exact) mass is 472 g/mol. The molecule has 2 aromatic rings. The number of carbonyl (C=O) groups excluding carboxylic acids is 3. The molecule has 0 N–H and O–H groups in total. The van der Waals surface area contributed by atoms with E-state index in [2.05, 4.69) is 4.90 Å². The van der Waals surface area contributed by atoms with Crippen molar-refractivity contribution in [3.8, 4) is 0 Å². The Morgan fingerprint density at radius 3 is 2.11 bits per heavy atom. The molecule has 5 rings (SSSR count). The summed E-state index contributed by atoms with van der Waals surface area (Å²) in [7, 11) is 0. The number of anilines is 1. The van der Waals surface area contributed by atoms with Crippen LogP contribution in [0.15, 0.2) is 66.7 Å². The number of hydrogen-bond acceptors (Lipinski definition) is 4. The van der Waals surface area contributed by atoms with Crippen molar-refractivity contribution in [3.05, 3.63) is 72.3 Å². The fraction of sp³-hybridized carbons (Fsp3) is 0.393. The third-order valence-corrected chi connectivity index (χ3v) is 7.49. The van der Waals surface area contributed by atoms with Gasteiger partial charge in [0.1, 0.15) is 12.1 Å². The molecule has 35 heavy (non-hydrogen) atoms. The highest BCUT2D eigenvalue weighted by molar-refractivity contribution is 5.97. The molecule has 7 nitrogen and oxygen atoms in total. The van der Waals surface area contributed by atoms with Crippen LogP contribution in [0.1, 0.15) is 31.2 Å². The lowest BCUT2D eigenvalue weighted by Gasteiger charge is -2.43. The van der Waals surface area contributed by atoms with E-state index in [1.165, 1.54) is 0 Å². The van der Waals surface area contributed by atoms with Gasteiger partial charge in [-0.1, -0.05) is 48.5 Å². The molecule has 182 valence electrons. The molecule has 0 unspecified atom stereocenters. The van der Waals surface area contributed by atoms with Gasteiger partial charge in [0.05, 0.1) is 6.67 Å². The smallest absolute Gasteiger partial charge is 0.250 e. The Bertz CT molecular complexity index is 1090. The van der Waals surface area contributed by atoms with E-state index in [1.54, 1.807) is 11.0 Å². The molecule has 0 aromatic heterocycles. The van der Waals surface area contributed by atoms with Crippen LogP contribution in [0.4, 0.5) is 5.69 Å². The summed E-state index contributed by atoms with van der Waals surface area (Å²) < 4.78 is 0. The summed E-state index contributed by atoms with van der Waals surface area (Å²) in [6.07, 6.45) is 6.58. The van der Waals surface area contributed by atoms with Crippen LogP contribution in [0.25, 0.3) is 6.08 Å². The summed E-state index contributed by atoms with van der Waals surface area (Å²) in [6.45, 7) is 3.07. The second-order valence-electron chi connectivity index (χ2n) is 9.60. The molecule has 3 amide bonds. The van der Waals surface area contributed by atoms with Crippen LogP contribution in [-0.2, 0) is 14.4 Å². The highest BCUT2D eigenvalue weighted by Crippen LogP contribution is 2.39. The zero-order valence-electron chi connectivity index (χ0n) is 20.0. The van der Waals surface area contributed by atoms with E-state index in [4.69, 9.17) is 0 Å². The summed E-state index contributed by atoms with van der Waals surface area (Å²) in [5, 5.41) is 0. The van der Waals surface area contributed by atoms with Gasteiger partial charge in [-0.25, -0.2) is 0 Å². The number of nitrogens with zero attached hydrogens (tertiary/aromatic N) is 4. The fourth-order valence-electron chi connectivity index (χ4n) is 5.49. The molecule has 0 atom stereocenters. The SMILES string of the molecule is O=C(/C=C/c1ccccc1)N1CCC2(CC1)C(=O)N(CC(=O)N1CCCC1)CN2c1ccccc1. The minimum absolute atomic E-state index is 0.000765. The molecule has 1 spiro atoms. The first-order valence-corrected chi connectivity index (χ1v) is 12.5. The lowest BCUT2D eigenvalue weighted by molar-refractivity contribution is -0.141. The molecule has 0 bridgehead atoms. The Morgan fingerprint density at radius 1 is 0.829 bits per heavy atom. The summed E-state index contributed by atoms with van der Waals surface area (Å²) in [5.74, 6) is -0.0121. The first-order valence-electron chi connectivity index (χ1n) is 12.5. The van der Waals surface area contributed by atoms with E-state index in [0.717, 1.165) is 37.2 Å². The first kappa shape index (κ1) is 23.1. The molecule has 3 fully saturated rings. The summed E-state index contributed by atoms with van der Waals surface area (Å²) in [6, 6.07) is 19.7. The molecule has 3 aliphatic rings. The summed E-state index contributed by atoms with van der Waals surface area (Å²) >= 11 is 0. The normalized spacial score (nSPS) is 19.8. The van der Waals surface area contributed by atoms with Gasteiger partial charge in [-0.15, -0.1) is 0 Å². The van der Waals surface area contributed by atoms with Gasteiger partial charge in [-0.3, -0.25) is 14.4 Å². The van der Waals surface area contributed by atoms with Crippen molar-refractivity contribution in [1.82, 2.24) is 14.7 Å². The van der Waals surface area contributed by atoms with Crippen molar-refractivity contribution in [2.75, 3.05) is 44.3 Å². The van der Waals surface area contributed by atoms with Crippen LogP contribution < -0.4 is 4.90 Å². The van der Waals surface area contributed by atoms with Crippen molar-refractivity contribution >= 4 is 29.5 Å². The lowest BCUT2D eigenvalue weighted by atomic mass is 9.85. The molecule has 0 radical (unpaired) electrons. The van der Waals surface area contributed by atoms with E-state index in [9.17, 15) is 14.4 Å². The standard InChI is InChI=1S/C28H32N4O3/c33-25(14-13-23-9-3-1-4-10-23)30-19-15-28(16-20-30)27(35)31(21-26(34)29-17-7-8-18-29)22-32(28)24-11-5-2-6-12-24/h1-6,9-14H,7-8,15-22H2/b14-13+. The maximum atomic E-state index is 13.8. The van der Waals surface area contributed by atoms with E-state index in [1.807, 2.05) is 76.5 Å². The third-order valence-electron chi connectivity index (χ3n) is 7.49. The first-order chi connectivity index (χ1) is 17.1. The number of amides is 3. The minimum atomic E-state index is -0.730. The fourth-order valence-corrected chi connectivity index (χ4v) is 5.49. The maximum Gasteiger partial charge on any atom is 0.250 e. The molecule has 0 aliphatic carbocycles. The van der Waals surface area contributed by atoms with E-state index in [-0.39, 0.29) is 24.3 Å². The van der Waals surface area contributed by atoms with Crippen LogP contribution in [0.5, 0.6) is 0 Å². The third kappa shape index (κ3) is 4.67. The molecular weight excluding hydrogens is 440 g/mol. The second kappa shape index (κ2) is 9.94. The summed E-state index contributed by atoms with van der Waals surface area (Å²) in [5.41, 5.74) is 1.22. The predicted molar refractivity (Wildman–Crippen MR) is 135 cm³/mol.